The lowest BCUT2D eigenvalue weighted by atomic mass is 9.84. The summed E-state index contributed by atoms with van der Waals surface area (Å²) in [5.41, 5.74) is 4.10. The lowest BCUT2D eigenvalue weighted by Crippen LogP contribution is -2.63. The molecule has 5 heteroatoms. The van der Waals surface area contributed by atoms with E-state index in [0.29, 0.717) is 0 Å². The Kier molecular flexibility index (Phi) is 5.48. The zero-order chi connectivity index (χ0) is 14.4. The Morgan fingerprint density at radius 3 is 2.75 bits per heavy atom. The molecule has 20 heavy (non-hydrogen) atoms. The summed E-state index contributed by atoms with van der Waals surface area (Å²) >= 11 is 0. The monoisotopic (exact) mass is 278 g/mol. The highest BCUT2D eigenvalue weighted by Crippen LogP contribution is 2.26. The van der Waals surface area contributed by atoms with E-state index in [9.17, 15) is 0 Å². The van der Waals surface area contributed by atoms with Gasteiger partial charge in [0.15, 0.2) is 0 Å². The maximum Gasteiger partial charge on any atom is 0.0594 e. The summed E-state index contributed by atoms with van der Waals surface area (Å²) in [7, 11) is 0. The molecule has 1 aliphatic rings. The molecule has 1 aromatic rings. The molecular formula is C15H26N4O. The zero-order valence-corrected chi connectivity index (χ0v) is 12.5. The minimum atomic E-state index is 0.00997. The predicted octanol–water partition coefficient (Wildman–Crippen LogP) is 0.957. The van der Waals surface area contributed by atoms with E-state index in [-0.39, 0.29) is 11.6 Å². The van der Waals surface area contributed by atoms with Crippen LogP contribution in [-0.4, -0.2) is 47.8 Å². The molecule has 5 nitrogen and oxygen atoms in total. The number of nitrogens with one attached hydrogen (secondary N) is 1. The van der Waals surface area contributed by atoms with Crippen molar-refractivity contribution in [2.45, 2.75) is 38.3 Å². The molecule has 0 radical (unpaired) electrons. The summed E-state index contributed by atoms with van der Waals surface area (Å²) in [6.07, 6.45) is 3.70. The van der Waals surface area contributed by atoms with E-state index in [1.165, 1.54) is 0 Å². The van der Waals surface area contributed by atoms with Crippen molar-refractivity contribution < 1.29 is 4.74 Å². The number of nitrogens with two attached hydrogens (primary N) is 1. The maximum absolute atomic E-state index is 5.85. The quantitative estimate of drug-likeness (QED) is 0.599. The Bertz CT molecular complexity index is 394. The van der Waals surface area contributed by atoms with Gasteiger partial charge in [0.2, 0.25) is 0 Å². The Balaban J connectivity index is 2.13. The van der Waals surface area contributed by atoms with Gasteiger partial charge in [-0.1, -0.05) is 13.0 Å². The molecule has 0 saturated carbocycles. The Morgan fingerprint density at radius 2 is 2.20 bits per heavy atom. The highest BCUT2D eigenvalue weighted by Gasteiger charge is 2.38. The van der Waals surface area contributed by atoms with Crippen LogP contribution in [0.4, 0.5) is 0 Å². The molecule has 1 aliphatic heterocycles. The van der Waals surface area contributed by atoms with E-state index in [0.717, 1.165) is 44.8 Å². The molecule has 2 unspecified atom stereocenters. The van der Waals surface area contributed by atoms with Gasteiger partial charge in [-0.25, -0.2) is 0 Å². The number of ether oxygens (including phenoxy) is 1. The van der Waals surface area contributed by atoms with Crippen molar-refractivity contribution in [1.82, 2.24) is 15.3 Å². The number of aromatic nitrogens is 1. The molecule has 2 heterocycles. The van der Waals surface area contributed by atoms with Gasteiger partial charge in [0.05, 0.1) is 13.2 Å². The first-order valence-corrected chi connectivity index (χ1v) is 7.39. The normalized spacial score (nSPS) is 21.4. The van der Waals surface area contributed by atoms with Crippen LogP contribution in [0.2, 0.25) is 0 Å². The van der Waals surface area contributed by atoms with Crippen molar-refractivity contribution >= 4 is 0 Å². The van der Waals surface area contributed by atoms with Crippen molar-refractivity contribution in [1.29, 1.82) is 0 Å². The van der Waals surface area contributed by atoms with Crippen LogP contribution >= 0.6 is 0 Å². The van der Waals surface area contributed by atoms with E-state index in [4.69, 9.17) is 10.6 Å². The van der Waals surface area contributed by atoms with Gasteiger partial charge in [0.1, 0.15) is 0 Å². The van der Waals surface area contributed by atoms with E-state index in [2.05, 4.69) is 35.2 Å². The number of hydrazine groups is 1. The Morgan fingerprint density at radius 1 is 1.45 bits per heavy atom. The first-order chi connectivity index (χ1) is 9.70. The van der Waals surface area contributed by atoms with Crippen LogP contribution < -0.4 is 11.3 Å². The molecule has 3 N–H and O–H groups in total. The number of pyridine rings is 1. The van der Waals surface area contributed by atoms with Gasteiger partial charge in [-0.2, -0.15) is 0 Å². The molecule has 0 amide bonds. The fourth-order valence-electron chi connectivity index (χ4n) is 2.95. The van der Waals surface area contributed by atoms with Crippen molar-refractivity contribution in [2.24, 2.45) is 5.84 Å². The molecule has 0 spiro atoms. The molecule has 0 aliphatic carbocycles. The first-order valence-electron chi connectivity index (χ1n) is 7.39. The van der Waals surface area contributed by atoms with Gasteiger partial charge in [0, 0.05) is 43.0 Å². The number of morpholine rings is 1. The lowest BCUT2D eigenvalue weighted by molar-refractivity contribution is -0.0324. The standard InChI is InChI=1S/C15H26N4O/c1-3-15(2,19-8-10-20-11-9-19)14(18-16)12-13-6-4-5-7-17-13/h4-7,14,18H,3,8-12,16H2,1-2H3. The second kappa shape index (κ2) is 7.13. The van der Waals surface area contributed by atoms with Crippen LogP contribution in [-0.2, 0) is 11.2 Å². The summed E-state index contributed by atoms with van der Waals surface area (Å²) in [5.74, 6) is 5.85. The van der Waals surface area contributed by atoms with Crippen LogP contribution in [0.1, 0.15) is 26.0 Å². The van der Waals surface area contributed by atoms with Gasteiger partial charge >= 0.3 is 0 Å². The van der Waals surface area contributed by atoms with Gasteiger partial charge in [-0.3, -0.25) is 21.2 Å². The third-order valence-corrected chi connectivity index (χ3v) is 4.54. The molecule has 1 saturated heterocycles. The van der Waals surface area contributed by atoms with Crippen LogP contribution in [0.5, 0.6) is 0 Å². The van der Waals surface area contributed by atoms with Crippen molar-refractivity contribution in [2.75, 3.05) is 26.3 Å². The number of hydrogen-bond donors (Lipinski definition) is 2. The molecule has 2 atom stereocenters. The molecule has 1 fully saturated rings. The van der Waals surface area contributed by atoms with Crippen LogP contribution in [0.15, 0.2) is 24.4 Å². The minimum absolute atomic E-state index is 0.00997. The SMILES string of the molecule is CCC(C)(C(Cc1ccccn1)NN)N1CCOCC1. The fourth-order valence-corrected chi connectivity index (χ4v) is 2.95. The molecular weight excluding hydrogens is 252 g/mol. The van der Waals surface area contributed by atoms with E-state index >= 15 is 0 Å². The molecule has 1 aromatic heterocycles. The second-order valence-corrected chi connectivity index (χ2v) is 5.55. The fraction of sp³-hybridized carbons (Fsp3) is 0.667. The van der Waals surface area contributed by atoms with Crippen LogP contribution in [0.3, 0.4) is 0 Å². The van der Waals surface area contributed by atoms with E-state index < -0.39 is 0 Å². The Hall–Kier alpha value is -1.01. The molecule has 112 valence electrons. The zero-order valence-electron chi connectivity index (χ0n) is 12.5. The van der Waals surface area contributed by atoms with Crippen molar-refractivity contribution in [3.05, 3.63) is 30.1 Å². The highest BCUT2D eigenvalue weighted by atomic mass is 16.5. The summed E-state index contributed by atoms with van der Waals surface area (Å²) in [6, 6.07) is 6.18. The summed E-state index contributed by atoms with van der Waals surface area (Å²) in [6.45, 7) is 8.03. The summed E-state index contributed by atoms with van der Waals surface area (Å²) < 4.78 is 5.47. The third kappa shape index (κ3) is 3.35. The van der Waals surface area contributed by atoms with Gasteiger partial charge in [-0.05, 0) is 25.5 Å². The average molecular weight is 278 g/mol. The van der Waals surface area contributed by atoms with Crippen molar-refractivity contribution in [3.8, 4) is 0 Å². The minimum Gasteiger partial charge on any atom is -0.379 e. The number of nitrogens with zero attached hydrogens (tertiary/aromatic N) is 2. The second-order valence-electron chi connectivity index (χ2n) is 5.55. The summed E-state index contributed by atoms with van der Waals surface area (Å²) in [4.78, 5) is 6.91. The smallest absolute Gasteiger partial charge is 0.0594 e. The maximum atomic E-state index is 5.85. The van der Waals surface area contributed by atoms with Crippen molar-refractivity contribution in [3.63, 3.8) is 0 Å². The summed E-state index contributed by atoms with van der Waals surface area (Å²) in [5, 5.41) is 0. The van der Waals surface area contributed by atoms with Crippen LogP contribution in [0, 0.1) is 0 Å². The number of rotatable bonds is 6. The molecule has 0 aromatic carbocycles. The lowest BCUT2D eigenvalue weighted by Gasteiger charge is -2.47. The average Bonchev–Trinajstić information content (AvgIpc) is 2.53. The van der Waals surface area contributed by atoms with E-state index in [1.54, 1.807) is 0 Å². The van der Waals surface area contributed by atoms with Gasteiger partial charge < -0.3 is 4.74 Å². The predicted molar refractivity (Wildman–Crippen MR) is 80.1 cm³/mol. The van der Waals surface area contributed by atoms with Crippen LogP contribution in [0.25, 0.3) is 0 Å². The first kappa shape index (κ1) is 15.4. The van der Waals surface area contributed by atoms with Gasteiger partial charge in [0.25, 0.3) is 0 Å². The van der Waals surface area contributed by atoms with E-state index in [1.807, 2.05) is 18.3 Å². The Labute approximate surface area is 121 Å². The largest absolute Gasteiger partial charge is 0.379 e. The molecule has 2 rings (SSSR count). The third-order valence-electron chi connectivity index (χ3n) is 4.54. The topological polar surface area (TPSA) is 63.4 Å². The van der Waals surface area contributed by atoms with Gasteiger partial charge in [-0.15, -0.1) is 0 Å². The molecule has 0 bridgehead atoms. The highest BCUT2D eigenvalue weighted by molar-refractivity contribution is 5.09. The number of hydrogen-bond acceptors (Lipinski definition) is 5.